The zero-order chi connectivity index (χ0) is 19.4. The van der Waals surface area contributed by atoms with Gasteiger partial charge in [0.2, 0.25) is 0 Å². The first-order chi connectivity index (χ1) is 13.0. The Morgan fingerprint density at radius 3 is 2.52 bits per heavy atom. The molecule has 1 aromatic heterocycles. The standard InChI is InChI=1S/C19H18N4O4/c1-23-19(25)14-7-5-4-6-13(14)17(22-23)18(24)21-20-11-12-8-9-15(26-2)16(10-12)27-3/h4-11H,1-3H3,(H,21,24)/b20-11+. The van der Waals surface area contributed by atoms with Gasteiger partial charge in [-0.05, 0) is 29.8 Å². The van der Waals surface area contributed by atoms with Crippen molar-refractivity contribution in [3.8, 4) is 11.5 Å². The minimum Gasteiger partial charge on any atom is -0.493 e. The lowest BCUT2D eigenvalue weighted by Crippen LogP contribution is -2.27. The quantitative estimate of drug-likeness (QED) is 0.548. The van der Waals surface area contributed by atoms with Gasteiger partial charge in [-0.1, -0.05) is 18.2 Å². The molecule has 27 heavy (non-hydrogen) atoms. The summed E-state index contributed by atoms with van der Waals surface area (Å²) in [6, 6.07) is 12.1. The smallest absolute Gasteiger partial charge is 0.292 e. The molecule has 2 aromatic carbocycles. The monoisotopic (exact) mass is 366 g/mol. The second-order valence-electron chi connectivity index (χ2n) is 5.64. The maximum atomic E-state index is 12.5. The second kappa shape index (κ2) is 7.69. The lowest BCUT2D eigenvalue weighted by molar-refractivity contribution is 0.0950. The van der Waals surface area contributed by atoms with Gasteiger partial charge in [-0.3, -0.25) is 9.59 Å². The Bertz CT molecular complexity index is 1090. The van der Waals surface area contributed by atoms with E-state index in [4.69, 9.17) is 9.47 Å². The van der Waals surface area contributed by atoms with E-state index in [1.165, 1.54) is 20.4 Å². The number of aromatic nitrogens is 2. The first-order valence-electron chi connectivity index (χ1n) is 8.06. The van der Waals surface area contributed by atoms with Gasteiger partial charge >= 0.3 is 0 Å². The lowest BCUT2D eigenvalue weighted by Gasteiger charge is -2.08. The van der Waals surface area contributed by atoms with Crippen LogP contribution in [-0.2, 0) is 7.05 Å². The van der Waals surface area contributed by atoms with Crippen LogP contribution in [0.1, 0.15) is 16.1 Å². The minimum atomic E-state index is -0.515. The Balaban J connectivity index is 1.85. The first kappa shape index (κ1) is 18.1. The van der Waals surface area contributed by atoms with Crippen LogP contribution in [0.25, 0.3) is 10.8 Å². The molecule has 0 saturated heterocycles. The van der Waals surface area contributed by atoms with E-state index >= 15 is 0 Å². The maximum Gasteiger partial charge on any atom is 0.292 e. The molecular weight excluding hydrogens is 348 g/mol. The second-order valence-corrected chi connectivity index (χ2v) is 5.64. The Morgan fingerprint density at radius 2 is 1.81 bits per heavy atom. The number of nitrogens with one attached hydrogen (secondary N) is 1. The molecule has 1 heterocycles. The van der Waals surface area contributed by atoms with E-state index in [1.54, 1.807) is 49.6 Å². The summed E-state index contributed by atoms with van der Waals surface area (Å²) >= 11 is 0. The SMILES string of the molecule is COc1ccc(/C=N/NC(=O)c2nn(C)c(=O)c3ccccc23)cc1OC. The van der Waals surface area contributed by atoms with Crippen LogP contribution in [0.3, 0.4) is 0 Å². The van der Waals surface area contributed by atoms with Crippen LogP contribution in [0.4, 0.5) is 0 Å². The summed E-state index contributed by atoms with van der Waals surface area (Å²) in [6.45, 7) is 0. The van der Waals surface area contributed by atoms with Gasteiger partial charge in [0, 0.05) is 12.4 Å². The van der Waals surface area contributed by atoms with Crippen molar-refractivity contribution in [1.82, 2.24) is 15.2 Å². The van der Waals surface area contributed by atoms with E-state index in [0.717, 1.165) is 4.68 Å². The molecule has 1 N–H and O–H groups in total. The summed E-state index contributed by atoms with van der Waals surface area (Å²) in [5.74, 6) is 0.636. The third kappa shape index (κ3) is 3.64. The number of hydrazone groups is 1. The number of hydrogen-bond acceptors (Lipinski definition) is 6. The summed E-state index contributed by atoms with van der Waals surface area (Å²) in [5.41, 5.74) is 3.00. The number of hydrogen-bond donors (Lipinski definition) is 1. The maximum absolute atomic E-state index is 12.5. The molecule has 0 atom stereocenters. The molecule has 0 saturated carbocycles. The summed E-state index contributed by atoms with van der Waals surface area (Å²) in [4.78, 5) is 24.6. The van der Waals surface area contributed by atoms with Crippen LogP contribution in [0.5, 0.6) is 11.5 Å². The number of carbonyl (C=O) groups is 1. The first-order valence-corrected chi connectivity index (χ1v) is 8.06. The van der Waals surface area contributed by atoms with Gasteiger partial charge < -0.3 is 9.47 Å². The Morgan fingerprint density at radius 1 is 1.11 bits per heavy atom. The van der Waals surface area contributed by atoms with E-state index in [-0.39, 0.29) is 11.3 Å². The predicted octanol–water partition coefficient (Wildman–Crippen LogP) is 1.71. The largest absolute Gasteiger partial charge is 0.493 e. The Hall–Kier alpha value is -3.68. The minimum absolute atomic E-state index is 0.122. The molecular formula is C19H18N4O4. The van der Waals surface area contributed by atoms with Crippen LogP contribution >= 0.6 is 0 Å². The van der Waals surface area contributed by atoms with E-state index < -0.39 is 5.91 Å². The van der Waals surface area contributed by atoms with Crippen molar-refractivity contribution >= 4 is 22.9 Å². The summed E-state index contributed by atoms with van der Waals surface area (Å²) in [7, 11) is 4.59. The van der Waals surface area contributed by atoms with Gasteiger partial charge in [0.15, 0.2) is 17.2 Å². The van der Waals surface area contributed by atoms with Crippen molar-refractivity contribution in [3.05, 3.63) is 64.1 Å². The van der Waals surface area contributed by atoms with Gasteiger partial charge in [0.1, 0.15) is 0 Å². The predicted molar refractivity (Wildman–Crippen MR) is 102 cm³/mol. The highest BCUT2D eigenvalue weighted by Crippen LogP contribution is 2.26. The molecule has 3 aromatic rings. The number of benzene rings is 2. The average molecular weight is 366 g/mol. The molecule has 0 unspecified atom stereocenters. The van der Waals surface area contributed by atoms with Crippen molar-refractivity contribution in [2.24, 2.45) is 12.1 Å². The van der Waals surface area contributed by atoms with Gasteiger partial charge in [-0.2, -0.15) is 10.2 Å². The molecule has 0 fully saturated rings. The molecule has 0 aliphatic carbocycles. The van der Waals surface area contributed by atoms with E-state index in [1.807, 2.05) is 0 Å². The number of aryl methyl sites for hydroxylation is 1. The van der Waals surface area contributed by atoms with Crippen molar-refractivity contribution in [2.45, 2.75) is 0 Å². The fourth-order valence-electron chi connectivity index (χ4n) is 2.62. The van der Waals surface area contributed by atoms with Gasteiger partial charge in [0.05, 0.1) is 25.8 Å². The highest BCUT2D eigenvalue weighted by atomic mass is 16.5. The van der Waals surface area contributed by atoms with Crippen molar-refractivity contribution in [2.75, 3.05) is 14.2 Å². The number of rotatable bonds is 5. The number of carbonyl (C=O) groups excluding carboxylic acids is 1. The highest BCUT2D eigenvalue weighted by Gasteiger charge is 2.14. The molecule has 0 bridgehead atoms. The van der Waals surface area contributed by atoms with E-state index in [2.05, 4.69) is 15.6 Å². The van der Waals surface area contributed by atoms with Gasteiger partial charge in [-0.15, -0.1) is 0 Å². The normalized spacial score (nSPS) is 10.9. The zero-order valence-corrected chi connectivity index (χ0v) is 15.1. The van der Waals surface area contributed by atoms with E-state index in [9.17, 15) is 9.59 Å². The molecule has 1 amide bonds. The van der Waals surface area contributed by atoms with Gasteiger partial charge in [-0.25, -0.2) is 10.1 Å². The Labute approximate surface area is 155 Å². The molecule has 0 aliphatic heterocycles. The fraction of sp³-hybridized carbons (Fsp3) is 0.158. The van der Waals surface area contributed by atoms with Crippen LogP contribution in [0.2, 0.25) is 0 Å². The molecule has 0 aliphatic rings. The number of nitrogens with zero attached hydrogens (tertiary/aromatic N) is 3. The van der Waals surface area contributed by atoms with Crippen molar-refractivity contribution in [1.29, 1.82) is 0 Å². The molecule has 8 heteroatoms. The zero-order valence-electron chi connectivity index (χ0n) is 15.1. The number of amides is 1. The molecule has 138 valence electrons. The summed E-state index contributed by atoms with van der Waals surface area (Å²) < 4.78 is 11.5. The lowest BCUT2D eigenvalue weighted by atomic mass is 10.1. The Kier molecular flexibility index (Phi) is 5.16. The van der Waals surface area contributed by atoms with Crippen LogP contribution in [0.15, 0.2) is 52.4 Å². The molecule has 8 nitrogen and oxygen atoms in total. The summed E-state index contributed by atoms with van der Waals surface area (Å²) in [5, 5.41) is 8.91. The van der Waals surface area contributed by atoms with Crippen LogP contribution in [0, 0.1) is 0 Å². The third-order valence-corrected chi connectivity index (χ3v) is 3.96. The fourth-order valence-corrected chi connectivity index (χ4v) is 2.62. The van der Waals surface area contributed by atoms with Crippen molar-refractivity contribution < 1.29 is 14.3 Å². The third-order valence-electron chi connectivity index (χ3n) is 3.96. The number of methoxy groups -OCH3 is 2. The highest BCUT2D eigenvalue weighted by molar-refractivity contribution is 6.04. The number of fused-ring (bicyclic) bond motifs is 1. The van der Waals surface area contributed by atoms with Gasteiger partial charge in [0.25, 0.3) is 11.5 Å². The average Bonchev–Trinajstić information content (AvgIpc) is 2.70. The molecule has 0 radical (unpaired) electrons. The molecule has 3 rings (SSSR count). The van der Waals surface area contributed by atoms with Crippen LogP contribution in [-0.4, -0.2) is 36.1 Å². The topological polar surface area (TPSA) is 94.8 Å². The number of ether oxygens (including phenoxy) is 2. The van der Waals surface area contributed by atoms with E-state index in [0.29, 0.717) is 27.8 Å². The van der Waals surface area contributed by atoms with Crippen molar-refractivity contribution in [3.63, 3.8) is 0 Å². The summed E-state index contributed by atoms with van der Waals surface area (Å²) in [6.07, 6.45) is 1.48. The molecule has 0 spiro atoms. The van der Waals surface area contributed by atoms with Crippen LogP contribution < -0.4 is 20.5 Å².